The summed E-state index contributed by atoms with van der Waals surface area (Å²) >= 11 is 0. The van der Waals surface area contributed by atoms with Crippen molar-refractivity contribution < 1.29 is 5.11 Å². The molecule has 2 fully saturated rings. The Morgan fingerprint density at radius 3 is 3.07 bits per heavy atom. The Labute approximate surface area is 86.5 Å². The molecule has 0 aromatic rings. The second-order valence-electron chi connectivity index (χ2n) is 4.84. The minimum Gasteiger partial charge on any atom is -0.396 e. The lowest BCUT2D eigenvalue weighted by Crippen LogP contribution is -2.41. The molecule has 0 bridgehead atoms. The fraction of sp³-hybridized carbons (Fsp3) is 1.00. The third-order valence-electron chi connectivity index (χ3n) is 3.65. The van der Waals surface area contributed by atoms with E-state index >= 15 is 0 Å². The lowest BCUT2D eigenvalue weighted by molar-refractivity contribution is 0.224. The van der Waals surface area contributed by atoms with Gasteiger partial charge in [-0.2, -0.15) is 0 Å². The Kier molecular flexibility index (Phi) is 3.42. The molecule has 3 atom stereocenters. The van der Waals surface area contributed by atoms with E-state index in [0.717, 1.165) is 12.6 Å². The van der Waals surface area contributed by atoms with E-state index in [4.69, 9.17) is 5.11 Å². The monoisotopic (exact) mass is 198 g/mol. The minimum absolute atomic E-state index is 0.300. The summed E-state index contributed by atoms with van der Waals surface area (Å²) in [5, 5.41) is 12.5. The van der Waals surface area contributed by atoms with Gasteiger partial charge in [-0.1, -0.05) is 6.92 Å². The van der Waals surface area contributed by atoms with Crippen molar-refractivity contribution >= 4 is 0 Å². The maximum atomic E-state index is 8.95. The van der Waals surface area contributed by atoms with Crippen molar-refractivity contribution in [3.05, 3.63) is 0 Å². The van der Waals surface area contributed by atoms with Crippen LogP contribution >= 0.6 is 0 Å². The number of nitrogens with one attached hydrogen (secondary N) is 1. The fourth-order valence-electron chi connectivity index (χ4n) is 2.74. The molecule has 2 aliphatic heterocycles. The van der Waals surface area contributed by atoms with Gasteiger partial charge in [-0.05, 0) is 31.7 Å². The highest BCUT2D eigenvalue weighted by Crippen LogP contribution is 2.27. The van der Waals surface area contributed by atoms with Crippen molar-refractivity contribution in [2.45, 2.75) is 38.3 Å². The first-order valence-corrected chi connectivity index (χ1v) is 5.89. The topological polar surface area (TPSA) is 35.5 Å². The smallest absolute Gasteiger partial charge is 0.0468 e. The lowest BCUT2D eigenvalue weighted by Gasteiger charge is -2.22. The number of aliphatic hydroxyl groups is 1. The molecular weight excluding hydrogens is 176 g/mol. The molecule has 82 valence electrons. The Morgan fingerprint density at radius 1 is 1.43 bits per heavy atom. The van der Waals surface area contributed by atoms with Gasteiger partial charge in [-0.25, -0.2) is 0 Å². The maximum absolute atomic E-state index is 8.95. The van der Waals surface area contributed by atoms with Crippen LogP contribution in [0.4, 0.5) is 0 Å². The Bertz CT molecular complexity index is 186. The number of aliphatic hydroxyl groups excluding tert-OH is 1. The molecule has 3 heteroatoms. The van der Waals surface area contributed by atoms with Crippen molar-refractivity contribution in [1.29, 1.82) is 0 Å². The molecule has 2 heterocycles. The van der Waals surface area contributed by atoms with Gasteiger partial charge >= 0.3 is 0 Å². The quantitative estimate of drug-likeness (QED) is 0.688. The number of hydrogen-bond donors (Lipinski definition) is 2. The van der Waals surface area contributed by atoms with Gasteiger partial charge in [0.1, 0.15) is 0 Å². The normalized spacial score (nSPS) is 34.7. The van der Waals surface area contributed by atoms with Crippen LogP contribution in [0.2, 0.25) is 0 Å². The molecule has 14 heavy (non-hydrogen) atoms. The highest BCUT2D eigenvalue weighted by atomic mass is 16.3. The van der Waals surface area contributed by atoms with E-state index in [9.17, 15) is 0 Å². The first-order valence-electron chi connectivity index (χ1n) is 5.89. The van der Waals surface area contributed by atoms with Crippen LogP contribution in [0.3, 0.4) is 0 Å². The third kappa shape index (κ3) is 2.10. The third-order valence-corrected chi connectivity index (χ3v) is 3.65. The van der Waals surface area contributed by atoms with Gasteiger partial charge in [0.15, 0.2) is 0 Å². The molecule has 2 saturated heterocycles. The molecule has 0 amide bonds. The summed E-state index contributed by atoms with van der Waals surface area (Å²) in [6, 6.07) is 1.48. The van der Waals surface area contributed by atoms with Crippen LogP contribution in [0.15, 0.2) is 0 Å². The molecule has 0 spiro atoms. The zero-order chi connectivity index (χ0) is 9.97. The average Bonchev–Trinajstić information content (AvgIpc) is 2.76. The van der Waals surface area contributed by atoms with Crippen LogP contribution in [0, 0.1) is 5.92 Å². The zero-order valence-electron chi connectivity index (χ0n) is 9.08. The van der Waals surface area contributed by atoms with Crippen LogP contribution in [-0.2, 0) is 0 Å². The fourth-order valence-corrected chi connectivity index (χ4v) is 2.74. The molecular formula is C11H22N2O. The second kappa shape index (κ2) is 4.60. The lowest BCUT2D eigenvalue weighted by atomic mass is 10.1. The largest absolute Gasteiger partial charge is 0.396 e. The number of hydrogen-bond acceptors (Lipinski definition) is 3. The number of rotatable bonds is 4. The predicted molar refractivity (Wildman–Crippen MR) is 57.3 cm³/mol. The maximum Gasteiger partial charge on any atom is 0.0468 e. The first kappa shape index (κ1) is 10.4. The van der Waals surface area contributed by atoms with Gasteiger partial charge < -0.3 is 10.4 Å². The first-order chi connectivity index (χ1) is 6.81. The highest BCUT2D eigenvalue weighted by Gasteiger charge is 2.36. The summed E-state index contributed by atoms with van der Waals surface area (Å²) in [6.07, 6.45) is 4.03. The van der Waals surface area contributed by atoms with E-state index in [1.807, 2.05) is 0 Å². The molecule has 3 unspecified atom stereocenters. The van der Waals surface area contributed by atoms with E-state index in [1.54, 1.807) is 0 Å². The van der Waals surface area contributed by atoms with Crippen LogP contribution in [0.25, 0.3) is 0 Å². The number of fused-ring (bicyclic) bond motifs is 1. The van der Waals surface area contributed by atoms with Gasteiger partial charge in [0.05, 0.1) is 0 Å². The molecule has 0 aromatic heterocycles. The molecule has 2 N–H and O–H groups in total. The second-order valence-corrected chi connectivity index (χ2v) is 4.84. The molecule has 2 aliphatic rings. The summed E-state index contributed by atoms with van der Waals surface area (Å²) in [7, 11) is 0. The summed E-state index contributed by atoms with van der Waals surface area (Å²) in [5.41, 5.74) is 0. The molecule has 0 aliphatic carbocycles. The van der Waals surface area contributed by atoms with E-state index in [2.05, 4.69) is 17.1 Å². The Morgan fingerprint density at radius 2 is 2.29 bits per heavy atom. The van der Waals surface area contributed by atoms with Gasteiger partial charge in [0.2, 0.25) is 0 Å². The highest BCUT2D eigenvalue weighted by molar-refractivity contribution is 4.95. The van der Waals surface area contributed by atoms with E-state index in [-0.39, 0.29) is 0 Å². The van der Waals surface area contributed by atoms with Crippen LogP contribution < -0.4 is 5.32 Å². The van der Waals surface area contributed by atoms with E-state index < -0.39 is 0 Å². The average molecular weight is 198 g/mol. The van der Waals surface area contributed by atoms with Crippen molar-refractivity contribution in [3.8, 4) is 0 Å². The zero-order valence-corrected chi connectivity index (χ0v) is 9.08. The molecule has 3 nitrogen and oxygen atoms in total. The predicted octanol–water partition coefficient (Wildman–Crippen LogP) is 0.441. The SMILES string of the molecule is CC(CO)CNC1CCN2CCCC12. The summed E-state index contributed by atoms with van der Waals surface area (Å²) in [4.78, 5) is 2.61. The van der Waals surface area contributed by atoms with Crippen molar-refractivity contribution in [2.75, 3.05) is 26.2 Å². The van der Waals surface area contributed by atoms with E-state index in [1.165, 1.54) is 32.4 Å². The molecule has 0 saturated carbocycles. The van der Waals surface area contributed by atoms with Gasteiger partial charge in [0.25, 0.3) is 0 Å². The molecule has 0 aromatic carbocycles. The van der Waals surface area contributed by atoms with E-state index in [0.29, 0.717) is 18.6 Å². The molecule has 0 radical (unpaired) electrons. The van der Waals surface area contributed by atoms with Crippen LogP contribution in [0.1, 0.15) is 26.2 Å². The van der Waals surface area contributed by atoms with Crippen LogP contribution in [0.5, 0.6) is 0 Å². The summed E-state index contributed by atoms with van der Waals surface area (Å²) in [6.45, 7) is 5.93. The Balaban J connectivity index is 1.76. The van der Waals surface area contributed by atoms with Crippen molar-refractivity contribution in [2.24, 2.45) is 5.92 Å². The number of nitrogens with zero attached hydrogens (tertiary/aromatic N) is 1. The van der Waals surface area contributed by atoms with Crippen molar-refractivity contribution in [3.63, 3.8) is 0 Å². The van der Waals surface area contributed by atoms with Gasteiger partial charge in [-0.15, -0.1) is 0 Å². The van der Waals surface area contributed by atoms with Crippen molar-refractivity contribution in [1.82, 2.24) is 10.2 Å². The molecule has 2 rings (SSSR count). The van der Waals surface area contributed by atoms with Gasteiger partial charge in [-0.3, -0.25) is 4.90 Å². The summed E-state index contributed by atoms with van der Waals surface area (Å²) in [5.74, 6) is 0.394. The summed E-state index contributed by atoms with van der Waals surface area (Å²) < 4.78 is 0. The van der Waals surface area contributed by atoms with Crippen LogP contribution in [-0.4, -0.2) is 48.3 Å². The standard InChI is InChI=1S/C11H22N2O/c1-9(8-14)7-12-10-4-6-13-5-2-3-11(10)13/h9-12,14H,2-8H2,1H3. The minimum atomic E-state index is 0.300. The van der Waals surface area contributed by atoms with Gasteiger partial charge in [0, 0.05) is 31.8 Å². The Hall–Kier alpha value is -0.120.